The lowest BCUT2D eigenvalue weighted by Gasteiger charge is -2.22. The van der Waals surface area contributed by atoms with E-state index in [-0.39, 0.29) is 10.8 Å². The largest absolute Gasteiger partial charge is 0.495 e. The molecule has 162 valence electrons. The molecule has 0 spiro atoms. The molecule has 31 heavy (non-hydrogen) atoms. The Hall–Kier alpha value is -3.32. The topological polar surface area (TPSA) is 75.7 Å². The van der Waals surface area contributed by atoms with Gasteiger partial charge in [0.05, 0.1) is 23.4 Å². The van der Waals surface area contributed by atoms with Crippen LogP contribution in [-0.2, 0) is 10.0 Å². The molecule has 0 radical (unpaired) electrons. The number of hydrogen-bond donors (Lipinski definition) is 1. The van der Waals surface area contributed by atoms with Crippen LogP contribution in [0.5, 0.6) is 5.75 Å². The number of rotatable bonds is 6. The Balaban J connectivity index is 1.86. The summed E-state index contributed by atoms with van der Waals surface area (Å²) in [6.45, 7) is 5.61. The number of hydrogen-bond acceptors (Lipinski definition) is 4. The van der Waals surface area contributed by atoms with E-state index in [1.807, 2.05) is 26.0 Å². The summed E-state index contributed by atoms with van der Waals surface area (Å²) in [6.07, 6.45) is 0. The van der Waals surface area contributed by atoms with Crippen LogP contribution in [0.15, 0.2) is 65.6 Å². The number of carbonyl (C=O) groups is 1. The minimum Gasteiger partial charge on any atom is -0.495 e. The number of carbonyl (C=O) groups excluding carboxylic acids is 1. The first-order valence-electron chi connectivity index (χ1n) is 9.75. The molecule has 0 fully saturated rings. The summed E-state index contributed by atoms with van der Waals surface area (Å²) in [5.74, 6) is 0.263. The zero-order valence-corrected chi connectivity index (χ0v) is 19.1. The molecular formula is C24H26N2O4S. The van der Waals surface area contributed by atoms with E-state index in [1.165, 1.54) is 11.4 Å². The van der Waals surface area contributed by atoms with Gasteiger partial charge in [-0.2, -0.15) is 0 Å². The van der Waals surface area contributed by atoms with E-state index in [0.29, 0.717) is 28.3 Å². The maximum Gasteiger partial charge on any atom is 0.264 e. The number of aryl methyl sites for hydroxylation is 3. The van der Waals surface area contributed by atoms with Crippen molar-refractivity contribution < 1.29 is 17.9 Å². The van der Waals surface area contributed by atoms with Crippen LogP contribution in [0.3, 0.4) is 0 Å². The van der Waals surface area contributed by atoms with Crippen molar-refractivity contribution in [3.8, 4) is 5.75 Å². The summed E-state index contributed by atoms with van der Waals surface area (Å²) in [5, 5.41) is 2.86. The first-order chi connectivity index (χ1) is 14.6. The monoisotopic (exact) mass is 438 g/mol. The van der Waals surface area contributed by atoms with Gasteiger partial charge >= 0.3 is 0 Å². The fourth-order valence-corrected chi connectivity index (χ4v) is 4.52. The smallest absolute Gasteiger partial charge is 0.264 e. The first kappa shape index (κ1) is 22.4. The van der Waals surface area contributed by atoms with Crippen molar-refractivity contribution in [2.45, 2.75) is 25.7 Å². The van der Waals surface area contributed by atoms with Gasteiger partial charge in [-0.1, -0.05) is 23.8 Å². The normalized spacial score (nSPS) is 11.1. The predicted molar refractivity (Wildman–Crippen MR) is 124 cm³/mol. The lowest BCUT2D eigenvalue weighted by molar-refractivity contribution is 0.102. The average Bonchev–Trinajstić information content (AvgIpc) is 2.73. The van der Waals surface area contributed by atoms with Crippen molar-refractivity contribution in [2.24, 2.45) is 0 Å². The van der Waals surface area contributed by atoms with Crippen LogP contribution in [0.2, 0.25) is 0 Å². The number of methoxy groups -OCH3 is 1. The van der Waals surface area contributed by atoms with Crippen molar-refractivity contribution in [1.82, 2.24) is 0 Å². The molecule has 0 bridgehead atoms. The first-order valence-corrected chi connectivity index (χ1v) is 11.2. The molecule has 0 saturated carbocycles. The van der Waals surface area contributed by atoms with Crippen LogP contribution < -0.4 is 14.4 Å². The lowest BCUT2D eigenvalue weighted by atomic mass is 10.1. The quantitative estimate of drug-likeness (QED) is 0.605. The zero-order valence-electron chi connectivity index (χ0n) is 18.3. The highest BCUT2D eigenvalue weighted by atomic mass is 32.2. The zero-order chi connectivity index (χ0) is 22.8. The number of ether oxygens (including phenoxy) is 1. The average molecular weight is 439 g/mol. The third-order valence-electron chi connectivity index (χ3n) is 5.08. The van der Waals surface area contributed by atoms with Crippen LogP contribution in [0, 0.1) is 20.8 Å². The molecule has 0 aliphatic rings. The number of nitrogens with zero attached hydrogens (tertiary/aromatic N) is 1. The van der Waals surface area contributed by atoms with E-state index in [2.05, 4.69) is 5.32 Å². The Labute approximate surface area is 183 Å². The number of amides is 1. The number of anilines is 2. The summed E-state index contributed by atoms with van der Waals surface area (Å²) < 4.78 is 32.5. The predicted octanol–water partition coefficient (Wildman–Crippen LogP) is 4.70. The van der Waals surface area contributed by atoms with Gasteiger partial charge in [-0.25, -0.2) is 8.42 Å². The van der Waals surface area contributed by atoms with Crippen LogP contribution in [0.1, 0.15) is 27.0 Å². The molecular weight excluding hydrogens is 412 g/mol. The second kappa shape index (κ2) is 8.81. The Kier molecular flexibility index (Phi) is 6.36. The maximum absolute atomic E-state index is 13.0. The summed E-state index contributed by atoms with van der Waals surface area (Å²) in [5.41, 5.74) is 4.15. The minimum atomic E-state index is -3.71. The molecule has 7 heteroatoms. The molecule has 0 aliphatic heterocycles. The molecule has 0 aromatic heterocycles. The van der Waals surface area contributed by atoms with Crippen molar-refractivity contribution in [3.05, 3.63) is 82.9 Å². The molecule has 3 rings (SSSR count). The van der Waals surface area contributed by atoms with E-state index in [1.54, 1.807) is 62.6 Å². The van der Waals surface area contributed by atoms with Gasteiger partial charge in [-0.3, -0.25) is 9.10 Å². The summed E-state index contributed by atoms with van der Waals surface area (Å²) in [4.78, 5) is 13.0. The highest BCUT2D eigenvalue weighted by Gasteiger charge is 2.23. The van der Waals surface area contributed by atoms with Crippen LogP contribution in [0.25, 0.3) is 0 Å². The standard InChI is InChI=1S/C24H26N2O4S/c1-16-6-10-20(11-7-16)31(28,29)26(4)22-12-9-19(15-18(22)3)24(27)25-21-14-17(2)8-13-23(21)30-5/h6-15H,1-5H3,(H,25,27). The minimum absolute atomic E-state index is 0.216. The Morgan fingerprint density at radius 3 is 2.16 bits per heavy atom. The summed E-state index contributed by atoms with van der Waals surface area (Å²) in [7, 11) is -0.656. The van der Waals surface area contributed by atoms with Crippen LogP contribution in [0.4, 0.5) is 11.4 Å². The number of sulfonamides is 1. The fraction of sp³-hybridized carbons (Fsp3) is 0.208. The van der Waals surface area contributed by atoms with E-state index < -0.39 is 10.0 Å². The van der Waals surface area contributed by atoms with Gasteiger partial charge in [-0.15, -0.1) is 0 Å². The third-order valence-corrected chi connectivity index (χ3v) is 6.87. The summed E-state index contributed by atoms with van der Waals surface area (Å²) in [6, 6.07) is 17.2. The van der Waals surface area contributed by atoms with Gasteiger partial charge < -0.3 is 10.1 Å². The second-order valence-corrected chi connectivity index (χ2v) is 9.41. The fourth-order valence-electron chi connectivity index (χ4n) is 3.26. The molecule has 0 atom stereocenters. The molecule has 0 unspecified atom stereocenters. The van der Waals surface area contributed by atoms with Crippen molar-refractivity contribution in [3.63, 3.8) is 0 Å². The van der Waals surface area contributed by atoms with Gasteiger partial charge in [-0.05, 0) is 74.4 Å². The number of benzene rings is 3. The van der Waals surface area contributed by atoms with E-state index >= 15 is 0 Å². The van der Waals surface area contributed by atoms with Crippen molar-refractivity contribution in [2.75, 3.05) is 23.8 Å². The Morgan fingerprint density at radius 2 is 1.55 bits per heavy atom. The third kappa shape index (κ3) is 4.72. The Bertz CT molecular complexity index is 1220. The molecule has 0 saturated heterocycles. The second-order valence-electron chi connectivity index (χ2n) is 7.44. The van der Waals surface area contributed by atoms with Gasteiger partial charge in [0, 0.05) is 12.6 Å². The number of nitrogens with one attached hydrogen (secondary N) is 1. The van der Waals surface area contributed by atoms with E-state index in [4.69, 9.17) is 4.74 Å². The van der Waals surface area contributed by atoms with Gasteiger partial charge in [0.25, 0.3) is 15.9 Å². The summed E-state index contributed by atoms with van der Waals surface area (Å²) >= 11 is 0. The van der Waals surface area contributed by atoms with Crippen molar-refractivity contribution >= 4 is 27.3 Å². The highest BCUT2D eigenvalue weighted by Crippen LogP contribution is 2.28. The van der Waals surface area contributed by atoms with Crippen molar-refractivity contribution in [1.29, 1.82) is 0 Å². The molecule has 1 N–H and O–H groups in total. The SMILES string of the molecule is COc1ccc(C)cc1NC(=O)c1ccc(N(C)S(=O)(=O)c2ccc(C)cc2)c(C)c1. The molecule has 3 aromatic carbocycles. The molecule has 6 nitrogen and oxygen atoms in total. The van der Waals surface area contributed by atoms with Gasteiger partial charge in [0.15, 0.2) is 0 Å². The molecule has 1 amide bonds. The lowest BCUT2D eigenvalue weighted by Crippen LogP contribution is -2.27. The van der Waals surface area contributed by atoms with Crippen LogP contribution >= 0.6 is 0 Å². The molecule has 3 aromatic rings. The van der Waals surface area contributed by atoms with E-state index in [9.17, 15) is 13.2 Å². The molecule has 0 heterocycles. The molecule has 0 aliphatic carbocycles. The van der Waals surface area contributed by atoms with E-state index in [0.717, 1.165) is 11.1 Å². The highest BCUT2D eigenvalue weighted by molar-refractivity contribution is 7.92. The maximum atomic E-state index is 13.0. The van der Waals surface area contributed by atoms with Crippen LogP contribution in [-0.4, -0.2) is 28.5 Å². The van der Waals surface area contributed by atoms with Gasteiger partial charge in [0.1, 0.15) is 5.75 Å². The Morgan fingerprint density at radius 1 is 0.903 bits per heavy atom. The van der Waals surface area contributed by atoms with Gasteiger partial charge in [0.2, 0.25) is 0 Å².